The van der Waals surface area contributed by atoms with Crippen LogP contribution in [0.25, 0.3) is 17.0 Å². The number of carbonyl (C=O) groups excluding carboxylic acids is 1. The molecule has 1 fully saturated rings. The lowest BCUT2D eigenvalue weighted by Crippen LogP contribution is -2.49. The minimum absolute atomic E-state index is 0.0718. The number of anilines is 1. The Kier molecular flexibility index (Phi) is 5.55. The van der Waals surface area contributed by atoms with Gasteiger partial charge in [-0.2, -0.15) is 9.50 Å². The number of amides is 1. The Labute approximate surface area is 200 Å². The van der Waals surface area contributed by atoms with Gasteiger partial charge in [0.1, 0.15) is 0 Å². The van der Waals surface area contributed by atoms with Crippen molar-refractivity contribution in [2.45, 2.75) is 33.1 Å². The topological polar surface area (TPSA) is 66.6 Å². The summed E-state index contributed by atoms with van der Waals surface area (Å²) in [5.74, 6) is 1.30. The highest BCUT2D eigenvalue weighted by Gasteiger charge is 2.25. The summed E-state index contributed by atoms with van der Waals surface area (Å²) in [6.45, 7) is 11.2. The predicted molar refractivity (Wildman–Crippen MR) is 134 cm³/mol. The zero-order valence-corrected chi connectivity index (χ0v) is 20.2. The Bertz CT molecular complexity index is 1330. The molecular formula is C27H30N6O. The fourth-order valence-electron chi connectivity index (χ4n) is 4.35. The van der Waals surface area contributed by atoms with Crippen molar-refractivity contribution in [2.75, 3.05) is 31.1 Å². The van der Waals surface area contributed by atoms with E-state index in [4.69, 9.17) is 5.10 Å². The molecule has 7 heteroatoms. The van der Waals surface area contributed by atoms with Crippen LogP contribution in [-0.4, -0.2) is 56.6 Å². The SMILES string of the molecule is Cc1cccc(-c2ccnc3nc(N4CCN(C(=O)c5ccc(C(C)(C)C)cc5)CC4)nn23)c1. The molecule has 0 unspecified atom stereocenters. The van der Waals surface area contributed by atoms with Gasteiger partial charge >= 0.3 is 0 Å². The average Bonchev–Trinajstić information content (AvgIpc) is 3.28. The van der Waals surface area contributed by atoms with Gasteiger partial charge in [-0.3, -0.25) is 4.79 Å². The van der Waals surface area contributed by atoms with Crippen molar-refractivity contribution in [3.05, 3.63) is 77.5 Å². The molecule has 7 nitrogen and oxygen atoms in total. The largest absolute Gasteiger partial charge is 0.336 e. The van der Waals surface area contributed by atoms with E-state index in [0.29, 0.717) is 37.9 Å². The molecule has 0 bridgehead atoms. The molecule has 0 saturated carbocycles. The normalized spacial score (nSPS) is 14.6. The number of carbonyl (C=O) groups is 1. The predicted octanol–water partition coefficient (Wildman–Crippen LogP) is 4.36. The van der Waals surface area contributed by atoms with Crippen LogP contribution in [0.2, 0.25) is 0 Å². The van der Waals surface area contributed by atoms with Gasteiger partial charge in [-0.1, -0.05) is 56.7 Å². The van der Waals surface area contributed by atoms with Crippen molar-refractivity contribution in [2.24, 2.45) is 0 Å². The number of benzene rings is 2. The molecule has 34 heavy (non-hydrogen) atoms. The van der Waals surface area contributed by atoms with Crippen molar-refractivity contribution in [1.82, 2.24) is 24.5 Å². The Hall–Kier alpha value is -3.74. The lowest BCUT2D eigenvalue weighted by Gasteiger charge is -2.34. The highest BCUT2D eigenvalue weighted by Crippen LogP contribution is 2.24. The first-order valence-corrected chi connectivity index (χ1v) is 11.7. The summed E-state index contributed by atoms with van der Waals surface area (Å²) in [4.78, 5) is 26.2. The third-order valence-corrected chi connectivity index (χ3v) is 6.39. The maximum atomic E-state index is 13.0. The van der Waals surface area contributed by atoms with Gasteiger partial charge in [0.2, 0.25) is 5.95 Å². The number of hydrogen-bond acceptors (Lipinski definition) is 5. The first kappa shape index (κ1) is 22.1. The van der Waals surface area contributed by atoms with E-state index >= 15 is 0 Å². The van der Waals surface area contributed by atoms with E-state index in [9.17, 15) is 4.79 Å². The molecule has 0 atom stereocenters. The second-order valence-corrected chi connectivity index (χ2v) is 9.93. The van der Waals surface area contributed by atoms with E-state index in [0.717, 1.165) is 16.8 Å². The number of aryl methyl sites for hydroxylation is 1. The van der Waals surface area contributed by atoms with E-state index in [-0.39, 0.29) is 11.3 Å². The lowest BCUT2D eigenvalue weighted by atomic mass is 9.86. The van der Waals surface area contributed by atoms with Crippen molar-refractivity contribution in [3.8, 4) is 11.3 Å². The summed E-state index contributed by atoms with van der Waals surface area (Å²) < 4.78 is 1.80. The zero-order valence-electron chi connectivity index (χ0n) is 20.2. The smallest absolute Gasteiger partial charge is 0.254 e. The van der Waals surface area contributed by atoms with Gasteiger partial charge in [-0.05, 0) is 42.2 Å². The summed E-state index contributed by atoms with van der Waals surface area (Å²) in [6.07, 6.45) is 1.77. The minimum Gasteiger partial charge on any atom is -0.336 e. The second-order valence-electron chi connectivity index (χ2n) is 9.93. The van der Waals surface area contributed by atoms with Crippen molar-refractivity contribution in [3.63, 3.8) is 0 Å². The van der Waals surface area contributed by atoms with E-state index in [1.807, 2.05) is 29.2 Å². The van der Waals surface area contributed by atoms with Crippen LogP contribution in [-0.2, 0) is 5.41 Å². The molecule has 0 aliphatic carbocycles. The number of aromatic nitrogens is 4. The fraction of sp³-hybridized carbons (Fsp3) is 0.333. The van der Waals surface area contributed by atoms with Gasteiger partial charge in [-0.25, -0.2) is 4.98 Å². The number of piperazine rings is 1. The molecular weight excluding hydrogens is 424 g/mol. The Morgan fingerprint density at radius 2 is 1.68 bits per heavy atom. The molecule has 2 aromatic heterocycles. The molecule has 0 radical (unpaired) electrons. The summed E-state index contributed by atoms with van der Waals surface area (Å²) >= 11 is 0. The zero-order chi connectivity index (χ0) is 23.9. The first-order chi connectivity index (χ1) is 16.3. The van der Waals surface area contributed by atoms with Crippen LogP contribution in [0.1, 0.15) is 42.3 Å². The van der Waals surface area contributed by atoms with Gasteiger partial charge in [0.15, 0.2) is 0 Å². The molecule has 3 heterocycles. The number of rotatable bonds is 3. The van der Waals surface area contributed by atoms with Gasteiger partial charge in [0.05, 0.1) is 5.69 Å². The van der Waals surface area contributed by atoms with Crippen LogP contribution in [0.3, 0.4) is 0 Å². The minimum atomic E-state index is 0.0718. The summed E-state index contributed by atoms with van der Waals surface area (Å²) in [7, 11) is 0. The molecule has 4 aromatic rings. The van der Waals surface area contributed by atoms with E-state index in [2.05, 4.69) is 72.9 Å². The fourth-order valence-corrected chi connectivity index (χ4v) is 4.35. The highest BCUT2D eigenvalue weighted by atomic mass is 16.2. The number of hydrogen-bond donors (Lipinski definition) is 0. The molecule has 1 aliphatic heterocycles. The quantitative estimate of drug-likeness (QED) is 0.460. The molecule has 2 aromatic carbocycles. The van der Waals surface area contributed by atoms with E-state index in [1.54, 1.807) is 10.7 Å². The summed E-state index contributed by atoms with van der Waals surface area (Å²) in [5.41, 5.74) is 5.26. The van der Waals surface area contributed by atoms with Crippen molar-refractivity contribution < 1.29 is 4.79 Å². The summed E-state index contributed by atoms with van der Waals surface area (Å²) in [6, 6.07) is 18.3. The van der Waals surface area contributed by atoms with Crippen LogP contribution >= 0.6 is 0 Å². The van der Waals surface area contributed by atoms with Gasteiger partial charge in [0.25, 0.3) is 11.7 Å². The maximum Gasteiger partial charge on any atom is 0.254 e. The van der Waals surface area contributed by atoms with E-state index in [1.165, 1.54) is 11.1 Å². The number of nitrogens with zero attached hydrogens (tertiary/aromatic N) is 6. The molecule has 0 spiro atoms. The molecule has 1 aliphatic rings. The standard InChI is InChI=1S/C27H30N6O/c1-19-6-5-7-21(18-19)23-12-13-28-25-29-26(30-33(23)25)32-16-14-31(15-17-32)24(34)20-8-10-22(11-9-20)27(2,3)4/h5-13,18H,14-17H2,1-4H3. The van der Waals surface area contributed by atoms with Crippen LogP contribution in [0, 0.1) is 6.92 Å². The Balaban J connectivity index is 1.31. The van der Waals surface area contributed by atoms with Crippen LogP contribution < -0.4 is 4.90 Å². The van der Waals surface area contributed by atoms with Crippen molar-refractivity contribution >= 4 is 17.6 Å². The van der Waals surface area contributed by atoms with Crippen LogP contribution in [0.4, 0.5) is 5.95 Å². The van der Waals surface area contributed by atoms with Gasteiger partial charge in [0, 0.05) is 43.5 Å². The lowest BCUT2D eigenvalue weighted by molar-refractivity contribution is 0.0746. The highest BCUT2D eigenvalue weighted by molar-refractivity contribution is 5.94. The van der Waals surface area contributed by atoms with Gasteiger partial charge in [-0.15, -0.1) is 5.10 Å². The molecule has 0 N–H and O–H groups in total. The molecule has 5 rings (SSSR count). The van der Waals surface area contributed by atoms with Gasteiger partial charge < -0.3 is 9.80 Å². The van der Waals surface area contributed by atoms with E-state index < -0.39 is 0 Å². The third kappa shape index (κ3) is 4.25. The molecule has 1 amide bonds. The average molecular weight is 455 g/mol. The monoisotopic (exact) mass is 454 g/mol. The van der Waals surface area contributed by atoms with Crippen LogP contribution in [0.15, 0.2) is 60.8 Å². The third-order valence-electron chi connectivity index (χ3n) is 6.39. The Morgan fingerprint density at radius 3 is 2.35 bits per heavy atom. The second kappa shape index (κ2) is 8.56. The van der Waals surface area contributed by atoms with Crippen molar-refractivity contribution in [1.29, 1.82) is 0 Å². The molecule has 174 valence electrons. The maximum absolute atomic E-state index is 13.0. The first-order valence-electron chi connectivity index (χ1n) is 11.7. The Morgan fingerprint density at radius 1 is 0.941 bits per heavy atom. The number of fused-ring (bicyclic) bond motifs is 1. The van der Waals surface area contributed by atoms with Crippen LogP contribution in [0.5, 0.6) is 0 Å². The summed E-state index contributed by atoms with van der Waals surface area (Å²) in [5, 5.41) is 4.77. The molecule has 1 saturated heterocycles.